The third kappa shape index (κ3) is 5.79. The number of carbonyl (C=O) groups excluding carboxylic acids is 1. The maximum absolute atomic E-state index is 13.2. The van der Waals surface area contributed by atoms with Gasteiger partial charge in [0.15, 0.2) is 0 Å². The Morgan fingerprint density at radius 1 is 1.35 bits per heavy atom. The van der Waals surface area contributed by atoms with Crippen LogP contribution in [0.25, 0.3) is 0 Å². The van der Waals surface area contributed by atoms with E-state index in [0.29, 0.717) is 12.2 Å². The second-order valence-corrected chi connectivity index (χ2v) is 4.33. The summed E-state index contributed by atoms with van der Waals surface area (Å²) in [5.74, 6) is -2.19. The molecule has 0 spiro atoms. The van der Waals surface area contributed by atoms with Gasteiger partial charge in [0, 0.05) is 6.54 Å². The van der Waals surface area contributed by atoms with Gasteiger partial charge in [0.25, 0.3) is 0 Å². The lowest BCUT2D eigenvalue weighted by molar-refractivity contribution is -0.142. The van der Waals surface area contributed by atoms with Gasteiger partial charge >= 0.3 is 11.9 Å². The van der Waals surface area contributed by atoms with Gasteiger partial charge in [-0.05, 0) is 30.2 Å². The average molecular weight is 283 g/mol. The first-order valence-corrected chi connectivity index (χ1v) is 6.42. The summed E-state index contributed by atoms with van der Waals surface area (Å²) in [7, 11) is 0. The summed E-state index contributed by atoms with van der Waals surface area (Å²) in [5, 5.41) is 11.6. The summed E-state index contributed by atoms with van der Waals surface area (Å²) >= 11 is 0. The van der Waals surface area contributed by atoms with E-state index >= 15 is 0 Å². The number of nitrogens with one attached hydrogen (secondary N) is 1. The summed E-state index contributed by atoms with van der Waals surface area (Å²) in [6, 6.07) is 3.54. The van der Waals surface area contributed by atoms with Crippen LogP contribution >= 0.6 is 0 Å². The quantitative estimate of drug-likeness (QED) is 0.563. The van der Waals surface area contributed by atoms with Crippen molar-refractivity contribution in [1.82, 2.24) is 5.32 Å². The zero-order valence-corrected chi connectivity index (χ0v) is 11.3. The Bertz CT molecular complexity index is 476. The Morgan fingerprint density at radius 2 is 2.10 bits per heavy atom. The molecular weight excluding hydrogens is 265 g/mol. The fourth-order valence-corrected chi connectivity index (χ4v) is 1.57. The SMILES string of the molecule is CCCCOC(=O)CNCc1cc(F)cc(C(=O)O)c1. The molecule has 6 heteroatoms. The van der Waals surface area contributed by atoms with Crippen LogP contribution in [0.5, 0.6) is 0 Å². The number of rotatable bonds is 8. The minimum atomic E-state index is -1.19. The molecule has 0 aliphatic rings. The number of carboxylic acids is 1. The zero-order chi connectivity index (χ0) is 15.0. The molecule has 1 aromatic rings. The number of carbonyl (C=O) groups is 2. The first-order valence-electron chi connectivity index (χ1n) is 6.42. The second kappa shape index (κ2) is 8.27. The summed E-state index contributed by atoms with van der Waals surface area (Å²) in [6.45, 7) is 2.58. The predicted molar refractivity (Wildman–Crippen MR) is 70.9 cm³/mol. The molecule has 1 rings (SSSR count). The number of unbranched alkanes of at least 4 members (excludes halogenated alkanes) is 1. The highest BCUT2D eigenvalue weighted by atomic mass is 19.1. The number of halogens is 1. The minimum Gasteiger partial charge on any atom is -0.478 e. The standard InChI is InChI=1S/C14H18FNO4/c1-2-3-4-20-13(17)9-16-8-10-5-11(14(18)19)7-12(15)6-10/h5-7,16H,2-4,8-9H2,1H3,(H,18,19). The molecule has 0 aliphatic heterocycles. The van der Waals surface area contributed by atoms with E-state index in [9.17, 15) is 14.0 Å². The minimum absolute atomic E-state index is 0.00261. The summed E-state index contributed by atoms with van der Waals surface area (Å²) < 4.78 is 18.1. The van der Waals surface area contributed by atoms with Crippen molar-refractivity contribution in [3.05, 3.63) is 35.1 Å². The Balaban J connectivity index is 2.42. The smallest absolute Gasteiger partial charge is 0.335 e. The molecule has 0 atom stereocenters. The number of aromatic carboxylic acids is 1. The highest BCUT2D eigenvalue weighted by molar-refractivity contribution is 5.87. The average Bonchev–Trinajstić information content (AvgIpc) is 2.38. The zero-order valence-electron chi connectivity index (χ0n) is 11.3. The van der Waals surface area contributed by atoms with Gasteiger partial charge in [-0.15, -0.1) is 0 Å². The van der Waals surface area contributed by atoms with E-state index in [-0.39, 0.29) is 24.6 Å². The fraction of sp³-hybridized carbons (Fsp3) is 0.429. The van der Waals surface area contributed by atoms with Gasteiger partial charge in [0.05, 0.1) is 18.7 Å². The number of ether oxygens (including phenoxy) is 1. The molecule has 0 aromatic heterocycles. The Labute approximate surface area is 116 Å². The van der Waals surface area contributed by atoms with Crippen LogP contribution in [-0.2, 0) is 16.1 Å². The van der Waals surface area contributed by atoms with Gasteiger partial charge in [-0.2, -0.15) is 0 Å². The van der Waals surface area contributed by atoms with Gasteiger partial charge in [-0.1, -0.05) is 13.3 Å². The maximum atomic E-state index is 13.2. The number of esters is 1. The molecule has 0 saturated heterocycles. The van der Waals surface area contributed by atoms with Crippen LogP contribution in [0, 0.1) is 5.82 Å². The highest BCUT2D eigenvalue weighted by Gasteiger charge is 2.08. The van der Waals surface area contributed by atoms with E-state index in [2.05, 4.69) is 5.32 Å². The number of benzene rings is 1. The van der Waals surface area contributed by atoms with Crippen molar-refractivity contribution >= 4 is 11.9 Å². The van der Waals surface area contributed by atoms with Crippen molar-refractivity contribution in [3.63, 3.8) is 0 Å². The lowest BCUT2D eigenvalue weighted by atomic mass is 10.1. The lowest BCUT2D eigenvalue weighted by Crippen LogP contribution is -2.24. The van der Waals surface area contributed by atoms with Gasteiger partial charge < -0.3 is 15.2 Å². The van der Waals surface area contributed by atoms with E-state index in [1.165, 1.54) is 12.1 Å². The van der Waals surface area contributed by atoms with Crippen LogP contribution in [0.1, 0.15) is 35.7 Å². The molecule has 2 N–H and O–H groups in total. The van der Waals surface area contributed by atoms with E-state index in [4.69, 9.17) is 9.84 Å². The molecule has 1 aromatic carbocycles. The van der Waals surface area contributed by atoms with E-state index in [1.807, 2.05) is 6.92 Å². The van der Waals surface area contributed by atoms with Crippen LogP contribution in [0.4, 0.5) is 4.39 Å². The molecule has 0 saturated carbocycles. The van der Waals surface area contributed by atoms with Crippen molar-refractivity contribution in [2.24, 2.45) is 0 Å². The highest BCUT2D eigenvalue weighted by Crippen LogP contribution is 2.09. The normalized spacial score (nSPS) is 10.3. The molecule has 0 fully saturated rings. The molecular formula is C14H18FNO4. The summed E-state index contributed by atoms with van der Waals surface area (Å²) in [6.07, 6.45) is 1.76. The van der Waals surface area contributed by atoms with Crippen molar-refractivity contribution in [3.8, 4) is 0 Å². The van der Waals surface area contributed by atoms with Crippen LogP contribution in [0.15, 0.2) is 18.2 Å². The second-order valence-electron chi connectivity index (χ2n) is 4.33. The Hall–Kier alpha value is -1.95. The Morgan fingerprint density at radius 3 is 2.75 bits per heavy atom. The maximum Gasteiger partial charge on any atom is 0.335 e. The first kappa shape index (κ1) is 16.1. The molecule has 110 valence electrons. The Kier molecular flexibility index (Phi) is 6.66. The van der Waals surface area contributed by atoms with Gasteiger partial charge in [0.1, 0.15) is 5.82 Å². The molecule has 0 aliphatic carbocycles. The van der Waals surface area contributed by atoms with E-state index in [0.717, 1.165) is 18.9 Å². The molecule has 0 amide bonds. The van der Waals surface area contributed by atoms with Gasteiger partial charge in [-0.25, -0.2) is 9.18 Å². The van der Waals surface area contributed by atoms with E-state index in [1.54, 1.807) is 0 Å². The lowest BCUT2D eigenvalue weighted by Gasteiger charge is -2.07. The predicted octanol–water partition coefficient (Wildman–Crippen LogP) is 1.96. The molecule has 0 unspecified atom stereocenters. The van der Waals surface area contributed by atoms with Crippen molar-refractivity contribution in [2.45, 2.75) is 26.3 Å². The van der Waals surface area contributed by atoms with Crippen LogP contribution < -0.4 is 5.32 Å². The molecule has 20 heavy (non-hydrogen) atoms. The first-order chi connectivity index (χ1) is 9.52. The van der Waals surface area contributed by atoms with Crippen LogP contribution in [0.3, 0.4) is 0 Å². The van der Waals surface area contributed by atoms with Crippen LogP contribution in [-0.4, -0.2) is 30.2 Å². The number of hydrogen-bond donors (Lipinski definition) is 2. The van der Waals surface area contributed by atoms with Crippen molar-refractivity contribution < 1.29 is 23.8 Å². The van der Waals surface area contributed by atoms with Gasteiger partial charge in [0.2, 0.25) is 0 Å². The monoisotopic (exact) mass is 283 g/mol. The van der Waals surface area contributed by atoms with Gasteiger partial charge in [-0.3, -0.25) is 4.79 Å². The number of carboxylic acid groups (broad SMARTS) is 1. The molecule has 0 bridgehead atoms. The fourth-order valence-electron chi connectivity index (χ4n) is 1.57. The summed E-state index contributed by atoms with van der Waals surface area (Å²) in [5.41, 5.74) is 0.344. The molecule has 0 heterocycles. The van der Waals surface area contributed by atoms with E-state index < -0.39 is 11.8 Å². The molecule has 0 radical (unpaired) electrons. The third-order valence-corrected chi connectivity index (χ3v) is 2.56. The third-order valence-electron chi connectivity index (χ3n) is 2.56. The largest absolute Gasteiger partial charge is 0.478 e. The van der Waals surface area contributed by atoms with Crippen LogP contribution in [0.2, 0.25) is 0 Å². The topological polar surface area (TPSA) is 75.6 Å². The van der Waals surface area contributed by atoms with Crippen molar-refractivity contribution in [1.29, 1.82) is 0 Å². The number of hydrogen-bond acceptors (Lipinski definition) is 4. The molecule has 5 nitrogen and oxygen atoms in total. The van der Waals surface area contributed by atoms with Crippen molar-refractivity contribution in [2.75, 3.05) is 13.2 Å². The summed E-state index contributed by atoms with van der Waals surface area (Å²) in [4.78, 5) is 22.1.